The molecule has 3 rings (SSSR count). The Morgan fingerprint density at radius 3 is 2.41 bits per heavy atom. The van der Waals surface area contributed by atoms with Crippen LogP contribution in [0.15, 0.2) is 33.5 Å². The van der Waals surface area contributed by atoms with E-state index < -0.39 is 35.4 Å². The Morgan fingerprint density at radius 1 is 1.11 bits per heavy atom. The highest BCUT2D eigenvalue weighted by atomic mass is 16.6. The van der Waals surface area contributed by atoms with Crippen molar-refractivity contribution >= 4 is 22.9 Å². The lowest BCUT2D eigenvalue weighted by Gasteiger charge is -2.43. The summed E-state index contributed by atoms with van der Waals surface area (Å²) in [6.45, 7) is 8.17. The molecule has 2 unspecified atom stereocenters. The minimum absolute atomic E-state index is 0.245. The van der Waals surface area contributed by atoms with Crippen molar-refractivity contribution in [3.05, 3.63) is 40.2 Å². The number of esters is 2. The van der Waals surface area contributed by atoms with Gasteiger partial charge in [-0.3, -0.25) is 9.59 Å². The fourth-order valence-electron chi connectivity index (χ4n) is 3.12. The summed E-state index contributed by atoms with van der Waals surface area (Å²) in [4.78, 5) is 35.9. The lowest BCUT2D eigenvalue weighted by molar-refractivity contribution is -0.190. The van der Waals surface area contributed by atoms with Gasteiger partial charge in [-0.2, -0.15) is 0 Å². The van der Waals surface area contributed by atoms with Crippen LogP contribution in [-0.2, 0) is 19.1 Å². The standard InChI is InChI=1S/C20H22O7/c1-10(2)19(23)26-17-15-13(27-20(4,5)18(17)24-11(3)21)8-6-12-7-9-14(22)25-16(12)15/h6-10,17-18H,1-5H3. The van der Waals surface area contributed by atoms with E-state index in [2.05, 4.69) is 0 Å². The first-order chi connectivity index (χ1) is 12.6. The summed E-state index contributed by atoms with van der Waals surface area (Å²) >= 11 is 0. The molecule has 0 saturated heterocycles. The van der Waals surface area contributed by atoms with E-state index in [-0.39, 0.29) is 11.5 Å². The van der Waals surface area contributed by atoms with Gasteiger partial charge in [0.15, 0.2) is 12.2 Å². The third-order valence-corrected chi connectivity index (χ3v) is 4.41. The zero-order valence-corrected chi connectivity index (χ0v) is 15.9. The van der Waals surface area contributed by atoms with Crippen molar-refractivity contribution < 1.29 is 28.2 Å². The minimum atomic E-state index is -0.975. The molecular formula is C20H22O7. The predicted octanol–water partition coefficient (Wildman–Crippen LogP) is 3.14. The zero-order valence-electron chi connectivity index (χ0n) is 15.9. The maximum Gasteiger partial charge on any atom is 0.336 e. The van der Waals surface area contributed by atoms with Crippen LogP contribution in [0.3, 0.4) is 0 Å². The van der Waals surface area contributed by atoms with Crippen molar-refractivity contribution in [1.82, 2.24) is 0 Å². The molecule has 0 amide bonds. The molecule has 1 aromatic carbocycles. The number of ether oxygens (including phenoxy) is 3. The van der Waals surface area contributed by atoms with Gasteiger partial charge < -0.3 is 18.6 Å². The van der Waals surface area contributed by atoms with Gasteiger partial charge in [-0.15, -0.1) is 0 Å². The van der Waals surface area contributed by atoms with Crippen LogP contribution in [0.5, 0.6) is 5.75 Å². The molecule has 0 radical (unpaired) electrons. The molecule has 7 heteroatoms. The molecule has 2 atom stereocenters. The number of hydrogen-bond acceptors (Lipinski definition) is 7. The SMILES string of the molecule is CC(=O)OC1C(OC(=O)C(C)C)c2c(ccc3ccc(=O)oc23)OC1(C)C. The van der Waals surface area contributed by atoms with Crippen LogP contribution in [0.1, 0.15) is 46.3 Å². The molecular weight excluding hydrogens is 352 g/mol. The fourth-order valence-corrected chi connectivity index (χ4v) is 3.12. The molecule has 2 aromatic rings. The average molecular weight is 374 g/mol. The summed E-state index contributed by atoms with van der Waals surface area (Å²) < 4.78 is 22.6. The second-order valence-electron chi connectivity index (χ2n) is 7.40. The van der Waals surface area contributed by atoms with Crippen LogP contribution in [0, 0.1) is 5.92 Å². The first-order valence-corrected chi connectivity index (χ1v) is 8.73. The second-order valence-corrected chi connectivity index (χ2v) is 7.40. The van der Waals surface area contributed by atoms with Gasteiger partial charge in [-0.05, 0) is 32.0 Å². The highest BCUT2D eigenvalue weighted by Crippen LogP contribution is 2.46. The Balaban J connectivity index is 2.25. The molecule has 0 bridgehead atoms. The van der Waals surface area contributed by atoms with Crippen molar-refractivity contribution in [2.24, 2.45) is 5.92 Å². The van der Waals surface area contributed by atoms with Gasteiger partial charge in [0.1, 0.15) is 16.9 Å². The molecule has 0 saturated carbocycles. The third kappa shape index (κ3) is 3.54. The summed E-state index contributed by atoms with van der Waals surface area (Å²) in [6, 6.07) is 6.39. The van der Waals surface area contributed by atoms with Crippen LogP contribution in [0.4, 0.5) is 0 Å². The van der Waals surface area contributed by atoms with E-state index >= 15 is 0 Å². The number of rotatable bonds is 3. The molecule has 0 N–H and O–H groups in total. The Morgan fingerprint density at radius 2 is 1.78 bits per heavy atom. The highest BCUT2D eigenvalue weighted by Gasteiger charge is 2.49. The fraction of sp³-hybridized carbons (Fsp3) is 0.450. The van der Waals surface area contributed by atoms with E-state index in [4.69, 9.17) is 18.6 Å². The molecule has 0 fully saturated rings. The average Bonchev–Trinajstić information content (AvgIpc) is 2.56. The maximum atomic E-state index is 12.4. The molecule has 7 nitrogen and oxygen atoms in total. The van der Waals surface area contributed by atoms with Crippen LogP contribution in [0.2, 0.25) is 0 Å². The lowest BCUT2D eigenvalue weighted by Crippen LogP contribution is -2.52. The van der Waals surface area contributed by atoms with E-state index in [0.717, 1.165) is 0 Å². The quantitative estimate of drug-likeness (QED) is 0.602. The molecule has 144 valence electrons. The molecule has 1 aliphatic rings. The predicted molar refractivity (Wildman–Crippen MR) is 96.4 cm³/mol. The molecule has 0 aliphatic carbocycles. The van der Waals surface area contributed by atoms with Crippen molar-refractivity contribution in [2.75, 3.05) is 0 Å². The Labute approximate surface area is 156 Å². The molecule has 0 spiro atoms. The van der Waals surface area contributed by atoms with E-state index in [1.807, 2.05) is 0 Å². The minimum Gasteiger partial charge on any atom is -0.483 e. The summed E-state index contributed by atoms with van der Waals surface area (Å²) in [5, 5.41) is 0.642. The van der Waals surface area contributed by atoms with Gasteiger partial charge in [-0.25, -0.2) is 4.79 Å². The van der Waals surface area contributed by atoms with Gasteiger partial charge in [0, 0.05) is 18.4 Å². The number of hydrogen-bond donors (Lipinski definition) is 0. The van der Waals surface area contributed by atoms with Crippen molar-refractivity contribution in [3.63, 3.8) is 0 Å². The Bertz CT molecular complexity index is 954. The topological polar surface area (TPSA) is 92.0 Å². The van der Waals surface area contributed by atoms with Crippen LogP contribution < -0.4 is 10.4 Å². The van der Waals surface area contributed by atoms with Crippen molar-refractivity contribution in [1.29, 1.82) is 0 Å². The van der Waals surface area contributed by atoms with E-state index in [1.165, 1.54) is 13.0 Å². The number of benzene rings is 1. The molecule has 1 aromatic heterocycles. The van der Waals surface area contributed by atoms with Crippen LogP contribution >= 0.6 is 0 Å². The van der Waals surface area contributed by atoms with E-state index in [1.54, 1.807) is 45.9 Å². The van der Waals surface area contributed by atoms with Gasteiger partial charge in [-0.1, -0.05) is 13.8 Å². The first kappa shape index (κ1) is 18.9. The third-order valence-electron chi connectivity index (χ3n) is 4.41. The summed E-state index contributed by atoms with van der Waals surface area (Å²) in [5.74, 6) is -0.977. The summed E-state index contributed by atoms with van der Waals surface area (Å²) in [6.07, 6.45) is -1.89. The largest absolute Gasteiger partial charge is 0.483 e. The summed E-state index contributed by atoms with van der Waals surface area (Å²) in [5.41, 5.74) is -0.888. The van der Waals surface area contributed by atoms with E-state index in [9.17, 15) is 14.4 Å². The number of fused-ring (bicyclic) bond motifs is 3. The zero-order chi connectivity index (χ0) is 19.9. The molecule has 1 aliphatic heterocycles. The van der Waals surface area contributed by atoms with Gasteiger partial charge in [0.05, 0.1) is 11.5 Å². The summed E-state index contributed by atoms with van der Waals surface area (Å²) in [7, 11) is 0. The Hall–Kier alpha value is -2.83. The highest BCUT2D eigenvalue weighted by molar-refractivity contribution is 5.84. The monoisotopic (exact) mass is 374 g/mol. The molecule has 2 heterocycles. The van der Waals surface area contributed by atoms with E-state index in [0.29, 0.717) is 16.7 Å². The van der Waals surface area contributed by atoms with Gasteiger partial charge >= 0.3 is 17.6 Å². The van der Waals surface area contributed by atoms with Crippen molar-refractivity contribution in [2.45, 2.75) is 52.4 Å². The smallest absolute Gasteiger partial charge is 0.336 e. The lowest BCUT2D eigenvalue weighted by atomic mass is 9.87. The van der Waals surface area contributed by atoms with Gasteiger partial charge in [0.2, 0.25) is 0 Å². The second kappa shape index (κ2) is 6.72. The Kier molecular flexibility index (Phi) is 4.71. The van der Waals surface area contributed by atoms with Crippen molar-refractivity contribution in [3.8, 4) is 5.75 Å². The first-order valence-electron chi connectivity index (χ1n) is 8.73. The van der Waals surface area contributed by atoms with Gasteiger partial charge in [0.25, 0.3) is 0 Å². The van der Waals surface area contributed by atoms with Crippen LogP contribution in [0.25, 0.3) is 11.0 Å². The number of carbonyl (C=O) groups excluding carboxylic acids is 2. The molecule has 27 heavy (non-hydrogen) atoms. The van der Waals surface area contributed by atoms with Crippen LogP contribution in [-0.4, -0.2) is 23.6 Å². The maximum absolute atomic E-state index is 12.4. The number of carbonyl (C=O) groups is 2. The normalized spacial score (nSPS) is 20.7.